The predicted octanol–water partition coefficient (Wildman–Crippen LogP) is 6.36. The van der Waals surface area contributed by atoms with Crippen LogP contribution in [0.3, 0.4) is 0 Å². The molecule has 0 atom stereocenters. The lowest BCUT2D eigenvalue weighted by molar-refractivity contribution is -0.146. The summed E-state index contributed by atoms with van der Waals surface area (Å²) in [5.74, 6) is -0.837. The van der Waals surface area contributed by atoms with Gasteiger partial charge in [-0.05, 0) is 61.3 Å². The van der Waals surface area contributed by atoms with Gasteiger partial charge in [-0.25, -0.2) is 8.78 Å². The predicted molar refractivity (Wildman–Crippen MR) is 130 cm³/mol. The number of halogens is 2. The summed E-state index contributed by atoms with van der Waals surface area (Å²) in [5, 5.41) is 8.06. The summed E-state index contributed by atoms with van der Waals surface area (Å²) in [5.41, 5.74) is 3.71. The molecule has 5 rings (SSSR count). The highest BCUT2D eigenvalue weighted by Gasteiger charge is 2.34. The normalized spacial score (nSPS) is 18.5. The number of H-pyrrole nitrogens is 1. The number of rotatable bonds is 5. The van der Waals surface area contributed by atoms with E-state index >= 15 is 4.39 Å². The van der Waals surface area contributed by atoms with Gasteiger partial charge in [0.05, 0.1) is 31.9 Å². The molecule has 0 unspecified atom stereocenters. The number of hydrogen-bond acceptors (Lipinski definition) is 4. The molecule has 1 N–H and O–H groups in total. The van der Waals surface area contributed by atoms with Crippen LogP contribution in [0.2, 0.25) is 0 Å². The molecule has 1 fully saturated rings. The second-order valence-corrected chi connectivity index (χ2v) is 9.60. The van der Waals surface area contributed by atoms with Crippen LogP contribution in [0.25, 0.3) is 27.5 Å². The molecular formula is C27H29F2N3O3. The number of esters is 1. The van der Waals surface area contributed by atoms with Gasteiger partial charge in [-0.15, -0.1) is 0 Å². The van der Waals surface area contributed by atoms with Crippen LogP contribution < -0.4 is 4.74 Å². The molecule has 8 heteroatoms. The number of nitrogens with zero attached hydrogens (tertiary/aromatic N) is 2. The number of carbonyl (C=O) groups excluding carboxylic acids is 1. The summed E-state index contributed by atoms with van der Waals surface area (Å²) in [6.45, 7) is 4.17. The Morgan fingerprint density at radius 1 is 1.14 bits per heavy atom. The van der Waals surface area contributed by atoms with Crippen molar-refractivity contribution in [3.63, 3.8) is 0 Å². The van der Waals surface area contributed by atoms with E-state index in [0.717, 1.165) is 24.1 Å². The van der Waals surface area contributed by atoms with Crippen molar-refractivity contribution in [2.24, 2.45) is 5.92 Å². The summed E-state index contributed by atoms with van der Waals surface area (Å²) in [6.07, 6.45) is 4.51. The van der Waals surface area contributed by atoms with Crippen LogP contribution >= 0.6 is 0 Å². The number of aromatic amines is 1. The summed E-state index contributed by atoms with van der Waals surface area (Å²) in [4.78, 5) is 12.1. The summed E-state index contributed by atoms with van der Waals surface area (Å²) < 4.78 is 42.6. The Kier molecular flexibility index (Phi) is 5.99. The molecule has 6 nitrogen and oxygen atoms in total. The van der Waals surface area contributed by atoms with Crippen LogP contribution in [-0.4, -0.2) is 35.0 Å². The van der Waals surface area contributed by atoms with Gasteiger partial charge < -0.3 is 14.0 Å². The first-order valence-corrected chi connectivity index (χ1v) is 12.0. The van der Waals surface area contributed by atoms with Crippen molar-refractivity contribution in [1.29, 1.82) is 0 Å². The first-order chi connectivity index (χ1) is 16.8. The molecule has 1 saturated carbocycles. The smallest absolute Gasteiger partial charge is 0.308 e. The first kappa shape index (κ1) is 23.3. The van der Waals surface area contributed by atoms with Crippen LogP contribution in [0.4, 0.5) is 8.78 Å². The standard InChI is InChI=1S/C27H29F2N3O3/c1-14(2)26-22(15-5-7-16(8-6-15)27(33)35-4)23-20(11-17-13-30-31-25(17)24(23)29)32(26)18-9-10-19(28)21(12-18)34-3/h9-16H,5-8H2,1-4H3,(H,30,31)/t15-,16-. The summed E-state index contributed by atoms with van der Waals surface area (Å²) >= 11 is 0. The molecule has 0 amide bonds. The minimum absolute atomic E-state index is 0.0580. The van der Waals surface area contributed by atoms with E-state index < -0.39 is 5.82 Å². The zero-order valence-electron chi connectivity index (χ0n) is 20.3. The van der Waals surface area contributed by atoms with Crippen molar-refractivity contribution in [2.45, 2.75) is 51.4 Å². The fourth-order valence-electron chi connectivity index (χ4n) is 5.68. The molecular weight excluding hydrogens is 452 g/mol. The van der Waals surface area contributed by atoms with E-state index in [9.17, 15) is 9.18 Å². The fraction of sp³-hybridized carbons (Fsp3) is 0.407. The molecule has 35 heavy (non-hydrogen) atoms. The Hall–Kier alpha value is -3.42. The Morgan fingerprint density at radius 3 is 2.54 bits per heavy atom. The van der Waals surface area contributed by atoms with Gasteiger partial charge in [0.15, 0.2) is 17.4 Å². The average Bonchev–Trinajstić information content (AvgIpc) is 3.47. The van der Waals surface area contributed by atoms with Crippen molar-refractivity contribution in [2.75, 3.05) is 14.2 Å². The molecule has 0 bridgehead atoms. The Balaban J connectivity index is 1.78. The molecule has 0 spiro atoms. The van der Waals surface area contributed by atoms with E-state index in [-0.39, 0.29) is 35.3 Å². The van der Waals surface area contributed by atoms with Crippen molar-refractivity contribution in [3.05, 3.63) is 53.4 Å². The van der Waals surface area contributed by atoms with Gasteiger partial charge in [0.2, 0.25) is 0 Å². The molecule has 0 saturated heterocycles. The zero-order chi connectivity index (χ0) is 24.9. The van der Waals surface area contributed by atoms with Gasteiger partial charge in [-0.1, -0.05) is 13.8 Å². The molecule has 1 aliphatic carbocycles. The van der Waals surface area contributed by atoms with Gasteiger partial charge in [-0.3, -0.25) is 9.89 Å². The SMILES string of the molecule is COc1cc(-n2c(C(C)C)c([C@H]3CC[C@H](C(=O)OC)CC3)c3c(F)c4[nH]ncc4cc32)ccc1F. The number of ether oxygens (including phenoxy) is 2. The number of benzene rings is 2. The number of aromatic nitrogens is 3. The van der Waals surface area contributed by atoms with Crippen LogP contribution in [-0.2, 0) is 9.53 Å². The minimum Gasteiger partial charge on any atom is -0.494 e. The van der Waals surface area contributed by atoms with Crippen LogP contribution in [0.15, 0.2) is 30.5 Å². The van der Waals surface area contributed by atoms with E-state index in [4.69, 9.17) is 9.47 Å². The number of carbonyl (C=O) groups is 1. The fourth-order valence-corrected chi connectivity index (χ4v) is 5.68. The van der Waals surface area contributed by atoms with E-state index in [1.807, 2.05) is 10.6 Å². The highest BCUT2D eigenvalue weighted by molar-refractivity contribution is 5.99. The summed E-state index contributed by atoms with van der Waals surface area (Å²) in [7, 11) is 2.85. The van der Waals surface area contributed by atoms with Crippen molar-refractivity contribution < 1.29 is 23.0 Å². The first-order valence-electron chi connectivity index (χ1n) is 12.0. The number of methoxy groups -OCH3 is 2. The lowest BCUT2D eigenvalue weighted by Gasteiger charge is -2.28. The van der Waals surface area contributed by atoms with Gasteiger partial charge >= 0.3 is 5.97 Å². The molecule has 4 aromatic rings. The lowest BCUT2D eigenvalue weighted by Crippen LogP contribution is -2.22. The maximum Gasteiger partial charge on any atom is 0.308 e. The maximum absolute atomic E-state index is 16.1. The highest BCUT2D eigenvalue weighted by Crippen LogP contribution is 2.47. The topological polar surface area (TPSA) is 69.1 Å². The number of hydrogen-bond donors (Lipinski definition) is 1. The average molecular weight is 482 g/mol. The van der Waals surface area contributed by atoms with Crippen LogP contribution in [0.1, 0.15) is 62.6 Å². The van der Waals surface area contributed by atoms with Gasteiger partial charge in [0.25, 0.3) is 0 Å². The Morgan fingerprint density at radius 2 is 1.89 bits per heavy atom. The van der Waals surface area contributed by atoms with E-state index in [1.54, 1.807) is 18.3 Å². The zero-order valence-corrected chi connectivity index (χ0v) is 20.3. The molecule has 0 aliphatic heterocycles. The molecule has 1 aliphatic rings. The maximum atomic E-state index is 16.1. The largest absolute Gasteiger partial charge is 0.494 e. The quantitative estimate of drug-likeness (QED) is 0.337. The second kappa shape index (κ2) is 8.98. The van der Waals surface area contributed by atoms with Crippen LogP contribution in [0.5, 0.6) is 5.75 Å². The highest BCUT2D eigenvalue weighted by atomic mass is 19.1. The van der Waals surface area contributed by atoms with Gasteiger partial charge in [0.1, 0.15) is 5.52 Å². The number of nitrogens with one attached hydrogen (secondary N) is 1. The molecule has 184 valence electrons. The van der Waals surface area contributed by atoms with E-state index in [2.05, 4.69) is 24.0 Å². The van der Waals surface area contributed by atoms with Crippen molar-refractivity contribution in [3.8, 4) is 11.4 Å². The molecule has 2 aromatic carbocycles. The minimum atomic E-state index is -0.455. The van der Waals surface area contributed by atoms with Crippen molar-refractivity contribution in [1.82, 2.24) is 14.8 Å². The van der Waals surface area contributed by atoms with Crippen molar-refractivity contribution >= 4 is 27.8 Å². The summed E-state index contributed by atoms with van der Waals surface area (Å²) in [6, 6.07) is 6.65. The Labute approximate surface area is 202 Å². The second-order valence-electron chi connectivity index (χ2n) is 9.60. The van der Waals surface area contributed by atoms with E-state index in [1.165, 1.54) is 20.3 Å². The van der Waals surface area contributed by atoms with Gasteiger partial charge in [0, 0.05) is 28.2 Å². The lowest BCUT2D eigenvalue weighted by atomic mass is 9.77. The molecule has 0 radical (unpaired) electrons. The monoisotopic (exact) mass is 481 g/mol. The van der Waals surface area contributed by atoms with Crippen LogP contribution in [0, 0.1) is 17.6 Å². The Bertz CT molecular complexity index is 1410. The third-order valence-corrected chi connectivity index (χ3v) is 7.29. The van der Waals surface area contributed by atoms with E-state index in [0.29, 0.717) is 40.3 Å². The molecule has 2 aromatic heterocycles. The third-order valence-electron chi connectivity index (χ3n) is 7.29. The number of fused-ring (bicyclic) bond motifs is 2. The third kappa shape index (κ3) is 3.75. The van der Waals surface area contributed by atoms with Gasteiger partial charge in [-0.2, -0.15) is 5.10 Å². The molecule has 2 heterocycles.